The third-order valence-corrected chi connectivity index (χ3v) is 5.45. The van der Waals surface area contributed by atoms with E-state index in [0.29, 0.717) is 18.9 Å². The summed E-state index contributed by atoms with van der Waals surface area (Å²) in [6, 6.07) is 8.07. The third kappa shape index (κ3) is 3.91. The molecule has 2 unspecified atom stereocenters. The number of nitrogens with one attached hydrogen (secondary N) is 1. The van der Waals surface area contributed by atoms with Crippen LogP contribution in [0.15, 0.2) is 29.1 Å². The molecule has 150 valence electrons. The predicted octanol–water partition coefficient (Wildman–Crippen LogP) is 1.95. The van der Waals surface area contributed by atoms with Crippen LogP contribution in [0.1, 0.15) is 30.7 Å². The number of H-pyrrole nitrogens is 1. The minimum atomic E-state index is -0.0104. The summed E-state index contributed by atoms with van der Waals surface area (Å²) in [5.74, 6) is 1.55. The van der Waals surface area contributed by atoms with Crippen molar-refractivity contribution in [1.29, 1.82) is 0 Å². The monoisotopic (exact) mass is 384 g/mol. The van der Waals surface area contributed by atoms with Crippen molar-refractivity contribution >= 4 is 5.95 Å². The van der Waals surface area contributed by atoms with Crippen LogP contribution in [0.25, 0.3) is 0 Å². The second-order valence-corrected chi connectivity index (χ2v) is 7.75. The third-order valence-electron chi connectivity index (χ3n) is 5.45. The number of aromatic nitrogens is 2. The normalized spacial score (nSPS) is 22.8. The van der Waals surface area contributed by atoms with Crippen LogP contribution in [-0.4, -0.2) is 53.8 Å². The molecule has 2 aromatic rings. The molecule has 1 saturated heterocycles. The van der Waals surface area contributed by atoms with Crippen LogP contribution in [0.2, 0.25) is 0 Å². The lowest BCUT2D eigenvalue weighted by molar-refractivity contribution is -0.00576. The molecule has 0 aliphatic carbocycles. The highest BCUT2D eigenvalue weighted by molar-refractivity contribution is 5.36. The summed E-state index contributed by atoms with van der Waals surface area (Å²) in [7, 11) is 1.70. The van der Waals surface area contributed by atoms with Crippen LogP contribution < -0.4 is 15.2 Å². The van der Waals surface area contributed by atoms with Crippen molar-refractivity contribution in [2.75, 3.05) is 31.6 Å². The van der Waals surface area contributed by atoms with E-state index in [1.165, 1.54) is 0 Å². The Labute approximate surface area is 165 Å². The van der Waals surface area contributed by atoms with Gasteiger partial charge in [0.2, 0.25) is 5.95 Å². The number of methoxy groups -OCH3 is 1. The Morgan fingerprint density at radius 2 is 2.00 bits per heavy atom. The molecule has 0 bridgehead atoms. The Morgan fingerprint density at radius 3 is 2.75 bits per heavy atom. The Balaban J connectivity index is 1.56. The van der Waals surface area contributed by atoms with E-state index in [4.69, 9.17) is 14.5 Å². The molecule has 2 atom stereocenters. The van der Waals surface area contributed by atoms with Gasteiger partial charge < -0.3 is 14.4 Å². The standard InChI is InChI=1S/C21H28N4O3/c1-14-10-25(11-15(2)28-14)21-22-18-13-24(9-8-17(18)20(26)23-21)12-16-6-4-5-7-19(16)27-3/h4-7,14-15H,8-13H2,1-3H3,(H,22,23,26). The van der Waals surface area contributed by atoms with Crippen molar-refractivity contribution in [3.8, 4) is 5.75 Å². The molecule has 0 saturated carbocycles. The van der Waals surface area contributed by atoms with E-state index in [9.17, 15) is 4.79 Å². The van der Waals surface area contributed by atoms with Crippen molar-refractivity contribution in [2.45, 2.75) is 45.6 Å². The first-order valence-electron chi connectivity index (χ1n) is 9.90. The topological polar surface area (TPSA) is 70.7 Å². The lowest BCUT2D eigenvalue weighted by Crippen LogP contribution is -2.47. The molecule has 2 aliphatic rings. The second kappa shape index (κ2) is 7.93. The van der Waals surface area contributed by atoms with Crippen LogP contribution in [0.3, 0.4) is 0 Å². The number of morpholine rings is 1. The van der Waals surface area contributed by atoms with Crippen LogP contribution in [0.5, 0.6) is 5.75 Å². The van der Waals surface area contributed by atoms with Gasteiger partial charge in [0.25, 0.3) is 5.56 Å². The molecule has 7 heteroatoms. The van der Waals surface area contributed by atoms with Crippen molar-refractivity contribution < 1.29 is 9.47 Å². The summed E-state index contributed by atoms with van der Waals surface area (Å²) < 4.78 is 11.3. The maximum Gasteiger partial charge on any atom is 0.255 e. The molecule has 3 heterocycles. The fourth-order valence-corrected chi connectivity index (χ4v) is 4.19. The molecule has 28 heavy (non-hydrogen) atoms. The van der Waals surface area contributed by atoms with Gasteiger partial charge >= 0.3 is 0 Å². The summed E-state index contributed by atoms with van der Waals surface area (Å²) in [5, 5.41) is 0. The summed E-state index contributed by atoms with van der Waals surface area (Å²) in [5.41, 5.74) is 2.83. The Morgan fingerprint density at radius 1 is 1.25 bits per heavy atom. The lowest BCUT2D eigenvalue weighted by atomic mass is 10.1. The summed E-state index contributed by atoms with van der Waals surface area (Å²) in [6.45, 7) is 7.84. The number of anilines is 1. The molecule has 1 aromatic heterocycles. The maximum absolute atomic E-state index is 12.7. The number of hydrogen-bond acceptors (Lipinski definition) is 6. The zero-order valence-corrected chi connectivity index (χ0v) is 16.8. The van der Waals surface area contributed by atoms with Gasteiger partial charge in [0.15, 0.2) is 0 Å². The van der Waals surface area contributed by atoms with Gasteiger partial charge in [0.05, 0.1) is 25.0 Å². The van der Waals surface area contributed by atoms with Gasteiger partial charge in [-0.2, -0.15) is 0 Å². The van der Waals surface area contributed by atoms with E-state index < -0.39 is 0 Å². The highest BCUT2D eigenvalue weighted by atomic mass is 16.5. The molecule has 4 rings (SSSR count). The van der Waals surface area contributed by atoms with Crippen LogP contribution in [-0.2, 0) is 24.2 Å². The average molecular weight is 384 g/mol. The van der Waals surface area contributed by atoms with Gasteiger partial charge in [-0.1, -0.05) is 18.2 Å². The molecule has 0 radical (unpaired) electrons. The summed E-state index contributed by atoms with van der Waals surface area (Å²) in [6.07, 6.45) is 0.947. The number of aromatic amines is 1. The molecule has 0 amide bonds. The number of para-hydroxylation sites is 1. The molecular weight excluding hydrogens is 356 g/mol. The fourth-order valence-electron chi connectivity index (χ4n) is 4.19. The van der Waals surface area contributed by atoms with Crippen molar-refractivity contribution in [2.24, 2.45) is 0 Å². The molecule has 1 aromatic carbocycles. The highest BCUT2D eigenvalue weighted by Gasteiger charge is 2.27. The molecule has 1 fully saturated rings. The number of nitrogens with zero attached hydrogens (tertiary/aromatic N) is 3. The van der Waals surface area contributed by atoms with Gasteiger partial charge in [-0.25, -0.2) is 4.98 Å². The van der Waals surface area contributed by atoms with Gasteiger partial charge in [-0.05, 0) is 26.3 Å². The molecular formula is C21H28N4O3. The summed E-state index contributed by atoms with van der Waals surface area (Å²) >= 11 is 0. The van der Waals surface area contributed by atoms with Crippen molar-refractivity contribution in [1.82, 2.24) is 14.9 Å². The number of benzene rings is 1. The fraction of sp³-hybridized carbons (Fsp3) is 0.524. The Bertz CT molecular complexity index is 887. The quantitative estimate of drug-likeness (QED) is 0.869. The van der Waals surface area contributed by atoms with E-state index in [-0.39, 0.29) is 17.8 Å². The smallest absolute Gasteiger partial charge is 0.255 e. The molecule has 0 spiro atoms. The van der Waals surface area contributed by atoms with Gasteiger partial charge in [-0.3, -0.25) is 14.7 Å². The number of ether oxygens (including phenoxy) is 2. The zero-order valence-electron chi connectivity index (χ0n) is 16.8. The molecule has 2 aliphatic heterocycles. The average Bonchev–Trinajstić information content (AvgIpc) is 2.67. The Hall–Kier alpha value is -2.38. The van der Waals surface area contributed by atoms with E-state index in [0.717, 1.165) is 48.7 Å². The number of fused-ring (bicyclic) bond motifs is 1. The van der Waals surface area contributed by atoms with E-state index in [1.54, 1.807) is 7.11 Å². The van der Waals surface area contributed by atoms with Crippen LogP contribution >= 0.6 is 0 Å². The van der Waals surface area contributed by atoms with Crippen LogP contribution in [0, 0.1) is 0 Å². The lowest BCUT2D eigenvalue weighted by Gasteiger charge is -2.36. The largest absolute Gasteiger partial charge is 0.496 e. The summed E-state index contributed by atoms with van der Waals surface area (Å²) in [4.78, 5) is 24.9. The number of rotatable bonds is 4. The van der Waals surface area contributed by atoms with Gasteiger partial charge in [0.1, 0.15) is 5.75 Å². The maximum atomic E-state index is 12.7. The molecule has 1 N–H and O–H groups in total. The van der Waals surface area contributed by atoms with Crippen molar-refractivity contribution in [3.63, 3.8) is 0 Å². The molecule has 7 nitrogen and oxygen atoms in total. The second-order valence-electron chi connectivity index (χ2n) is 7.75. The zero-order chi connectivity index (χ0) is 19.7. The minimum Gasteiger partial charge on any atom is -0.496 e. The SMILES string of the molecule is COc1ccccc1CN1CCc2c(nc(N3CC(C)OC(C)C3)[nH]c2=O)C1. The van der Waals surface area contributed by atoms with E-state index in [1.807, 2.05) is 32.0 Å². The van der Waals surface area contributed by atoms with Gasteiger partial charge in [-0.15, -0.1) is 0 Å². The number of hydrogen-bond donors (Lipinski definition) is 1. The van der Waals surface area contributed by atoms with E-state index >= 15 is 0 Å². The first-order valence-corrected chi connectivity index (χ1v) is 9.90. The van der Waals surface area contributed by atoms with Gasteiger partial charge in [0, 0.05) is 43.9 Å². The predicted molar refractivity (Wildman–Crippen MR) is 108 cm³/mol. The minimum absolute atomic E-state index is 0.0104. The first-order chi connectivity index (χ1) is 13.5. The van der Waals surface area contributed by atoms with Crippen LogP contribution in [0.4, 0.5) is 5.95 Å². The Kier molecular flexibility index (Phi) is 5.37. The highest BCUT2D eigenvalue weighted by Crippen LogP contribution is 2.24. The first kappa shape index (κ1) is 19.0. The van der Waals surface area contributed by atoms with E-state index in [2.05, 4.69) is 20.9 Å². The van der Waals surface area contributed by atoms with Crippen molar-refractivity contribution in [3.05, 3.63) is 51.4 Å².